The van der Waals surface area contributed by atoms with Gasteiger partial charge in [0.15, 0.2) is 28.4 Å². The summed E-state index contributed by atoms with van der Waals surface area (Å²) >= 11 is 0. The van der Waals surface area contributed by atoms with Crippen molar-refractivity contribution in [3.8, 4) is 40.1 Å². The molecule has 7 heteroatoms. The Morgan fingerprint density at radius 2 is 1.46 bits per heavy atom. The van der Waals surface area contributed by atoms with Crippen molar-refractivity contribution in [3.05, 3.63) is 40.6 Å². The maximum absolute atomic E-state index is 12.7. The van der Waals surface area contributed by atoms with Crippen LogP contribution >= 0.6 is 0 Å². The number of phenolic OH excluding ortho intramolecular Hbond substituents is 1. The van der Waals surface area contributed by atoms with Crippen molar-refractivity contribution < 1.29 is 28.5 Å². The minimum Gasteiger partial charge on any atom is -0.504 e. The number of methoxy groups -OCH3 is 4. The van der Waals surface area contributed by atoms with Gasteiger partial charge in [0.05, 0.1) is 28.4 Å². The second-order valence-corrected chi connectivity index (χ2v) is 5.38. The summed E-state index contributed by atoms with van der Waals surface area (Å²) in [6.07, 6.45) is 0. The van der Waals surface area contributed by atoms with E-state index in [9.17, 15) is 9.90 Å². The van der Waals surface area contributed by atoms with Crippen LogP contribution in [0.2, 0.25) is 0 Å². The average Bonchev–Trinajstić information content (AvgIpc) is 2.73. The molecule has 0 aliphatic rings. The highest BCUT2D eigenvalue weighted by atomic mass is 16.5. The Bertz CT molecular complexity index is 1020. The standard InChI is InChI=1S/C19H18O7.C2H6/c1-22-13-6-5-10(7-11(13)20)14-8-12(21)17-15(26-14)9-16(23-2)18(24-3)19(17)25-4;1-2/h5-9,20H,1-4H3;1-2H3. The third kappa shape index (κ3) is 3.69. The van der Waals surface area contributed by atoms with E-state index in [1.165, 1.54) is 40.6 Å². The van der Waals surface area contributed by atoms with Crippen molar-refractivity contribution >= 4 is 11.0 Å². The highest BCUT2D eigenvalue weighted by molar-refractivity contribution is 5.90. The monoisotopic (exact) mass is 388 g/mol. The molecule has 150 valence electrons. The lowest BCUT2D eigenvalue weighted by Gasteiger charge is -2.14. The fourth-order valence-corrected chi connectivity index (χ4v) is 2.77. The number of rotatable bonds is 5. The Labute approximate surface area is 163 Å². The van der Waals surface area contributed by atoms with E-state index in [-0.39, 0.29) is 33.7 Å². The van der Waals surface area contributed by atoms with Crippen LogP contribution in [-0.2, 0) is 0 Å². The first-order valence-electron chi connectivity index (χ1n) is 8.68. The molecule has 0 unspecified atom stereocenters. The van der Waals surface area contributed by atoms with Gasteiger partial charge in [-0.3, -0.25) is 4.79 Å². The molecule has 3 rings (SSSR count). The smallest absolute Gasteiger partial charge is 0.204 e. The third-order valence-electron chi connectivity index (χ3n) is 3.99. The van der Waals surface area contributed by atoms with Gasteiger partial charge >= 0.3 is 0 Å². The SMILES string of the molecule is CC.COc1ccc(-c2cc(=O)c3c(OC)c(OC)c(OC)cc3o2)cc1O. The van der Waals surface area contributed by atoms with Crippen molar-refractivity contribution in [1.29, 1.82) is 0 Å². The Balaban J connectivity index is 0.00000136. The van der Waals surface area contributed by atoms with Crippen LogP contribution in [0.5, 0.6) is 28.7 Å². The van der Waals surface area contributed by atoms with Crippen LogP contribution in [0.1, 0.15) is 13.8 Å². The quantitative estimate of drug-likeness (QED) is 0.700. The van der Waals surface area contributed by atoms with Crippen LogP contribution in [0.4, 0.5) is 0 Å². The lowest BCUT2D eigenvalue weighted by Crippen LogP contribution is -2.05. The summed E-state index contributed by atoms with van der Waals surface area (Å²) < 4.78 is 26.8. The molecule has 3 aromatic rings. The number of fused-ring (bicyclic) bond motifs is 1. The van der Waals surface area contributed by atoms with Gasteiger partial charge in [0.2, 0.25) is 5.75 Å². The molecule has 28 heavy (non-hydrogen) atoms. The topological polar surface area (TPSA) is 87.4 Å². The molecule has 0 bridgehead atoms. The fraction of sp³-hybridized carbons (Fsp3) is 0.286. The molecule has 0 atom stereocenters. The summed E-state index contributed by atoms with van der Waals surface area (Å²) in [7, 11) is 5.83. The molecule has 1 aromatic heterocycles. The average molecular weight is 388 g/mol. The number of phenols is 1. The summed E-state index contributed by atoms with van der Waals surface area (Å²) in [6.45, 7) is 4.00. The van der Waals surface area contributed by atoms with Gasteiger partial charge < -0.3 is 28.5 Å². The van der Waals surface area contributed by atoms with Crippen molar-refractivity contribution in [2.24, 2.45) is 0 Å². The molecule has 0 aliphatic heterocycles. The molecule has 0 saturated carbocycles. The first-order valence-corrected chi connectivity index (χ1v) is 8.68. The first kappa shape index (κ1) is 21.0. The maximum atomic E-state index is 12.7. The zero-order chi connectivity index (χ0) is 20.8. The Morgan fingerprint density at radius 3 is 2.00 bits per heavy atom. The van der Waals surface area contributed by atoms with E-state index in [2.05, 4.69) is 0 Å². The Hall–Kier alpha value is -3.35. The van der Waals surface area contributed by atoms with Crippen LogP contribution in [-0.4, -0.2) is 33.5 Å². The van der Waals surface area contributed by atoms with E-state index in [1.54, 1.807) is 18.2 Å². The van der Waals surface area contributed by atoms with Crippen molar-refractivity contribution in [3.63, 3.8) is 0 Å². The second-order valence-electron chi connectivity index (χ2n) is 5.38. The lowest BCUT2D eigenvalue weighted by molar-refractivity contribution is 0.326. The van der Waals surface area contributed by atoms with Crippen molar-refractivity contribution in [2.75, 3.05) is 28.4 Å². The highest BCUT2D eigenvalue weighted by Crippen LogP contribution is 2.43. The van der Waals surface area contributed by atoms with Gasteiger partial charge in [-0.1, -0.05) is 13.8 Å². The van der Waals surface area contributed by atoms with E-state index in [0.29, 0.717) is 22.8 Å². The third-order valence-corrected chi connectivity index (χ3v) is 3.99. The lowest BCUT2D eigenvalue weighted by atomic mass is 10.1. The van der Waals surface area contributed by atoms with Gasteiger partial charge in [-0.25, -0.2) is 0 Å². The van der Waals surface area contributed by atoms with E-state index < -0.39 is 0 Å². The van der Waals surface area contributed by atoms with Gasteiger partial charge in [-0.15, -0.1) is 0 Å². The Kier molecular flexibility index (Phi) is 6.76. The first-order chi connectivity index (χ1) is 13.5. The largest absolute Gasteiger partial charge is 0.504 e. The minimum absolute atomic E-state index is 0.0577. The van der Waals surface area contributed by atoms with Crippen LogP contribution in [0.25, 0.3) is 22.3 Å². The van der Waals surface area contributed by atoms with Crippen molar-refractivity contribution in [2.45, 2.75) is 13.8 Å². The molecular weight excluding hydrogens is 364 g/mol. The summed E-state index contributed by atoms with van der Waals surface area (Å²) in [4.78, 5) is 12.7. The van der Waals surface area contributed by atoms with Crippen molar-refractivity contribution in [1.82, 2.24) is 0 Å². The van der Waals surface area contributed by atoms with Crippen LogP contribution in [0, 0.1) is 0 Å². The molecule has 0 radical (unpaired) electrons. The molecule has 0 fully saturated rings. The van der Waals surface area contributed by atoms with E-state index in [4.69, 9.17) is 23.4 Å². The van der Waals surface area contributed by atoms with E-state index in [1.807, 2.05) is 13.8 Å². The number of aromatic hydroxyl groups is 1. The summed E-state index contributed by atoms with van der Waals surface area (Å²) in [6, 6.07) is 7.62. The molecule has 1 heterocycles. The molecular formula is C21H24O7. The molecule has 1 N–H and O–H groups in total. The van der Waals surface area contributed by atoms with Crippen LogP contribution in [0.15, 0.2) is 39.5 Å². The van der Waals surface area contributed by atoms with E-state index >= 15 is 0 Å². The van der Waals surface area contributed by atoms with Gasteiger partial charge in [0.25, 0.3) is 0 Å². The molecule has 7 nitrogen and oxygen atoms in total. The zero-order valence-electron chi connectivity index (χ0n) is 16.8. The predicted octanol–water partition coefficient (Wildman–Crippen LogP) is 4.23. The molecule has 2 aromatic carbocycles. The van der Waals surface area contributed by atoms with Gasteiger partial charge in [-0.05, 0) is 18.2 Å². The van der Waals surface area contributed by atoms with E-state index in [0.717, 1.165) is 0 Å². The molecule has 0 aliphatic carbocycles. The molecule has 0 saturated heterocycles. The molecule has 0 spiro atoms. The summed E-state index contributed by atoms with van der Waals surface area (Å²) in [5.41, 5.74) is 0.489. The number of hydrogen-bond donors (Lipinski definition) is 1. The molecule has 0 amide bonds. The maximum Gasteiger partial charge on any atom is 0.204 e. The number of benzene rings is 2. The van der Waals surface area contributed by atoms with Crippen LogP contribution in [0.3, 0.4) is 0 Å². The number of ether oxygens (including phenoxy) is 4. The normalized spacial score (nSPS) is 10.1. The summed E-state index contributed by atoms with van der Waals surface area (Å²) in [5, 5.41) is 10.2. The minimum atomic E-state index is -0.311. The number of hydrogen-bond acceptors (Lipinski definition) is 7. The zero-order valence-corrected chi connectivity index (χ0v) is 16.8. The summed E-state index contributed by atoms with van der Waals surface area (Å²) in [5.74, 6) is 1.47. The highest BCUT2D eigenvalue weighted by Gasteiger charge is 2.21. The Morgan fingerprint density at radius 1 is 0.821 bits per heavy atom. The predicted molar refractivity (Wildman–Crippen MR) is 107 cm³/mol. The second kappa shape index (κ2) is 9.03. The van der Waals surface area contributed by atoms with Gasteiger partial charge in [-0.2, -0.15) is 0 Å². The van der Waals surface area contributed by atoms with Gasteiger partial charge in [0, 0.05) is 17.7 Å². The van der Waals surface area contributed by atoms with Crippen LogP contribution < -0.4 is 24.4 Å². The fourth-order valence-electron chi connectivity index (χ4n) is 2.77. The van der Waals surface area contributed by atoms with Gasteiger partial charge in [0.1, 0.15) is 16.7 Å².